The largest absolute Gasteiger partial charge is 0.493 e. The van der Waals surface area contributed by atoms with Crippen LogP contribution in [0.1, 0.15) is 77.5 Å². The van der Waals surface area contributed by atoms with E-state index in [0.29, 0.717) is 47.7 Å². The molecule has 2 atom stereocenters. The summed E-state index contributed by atoms with van der Waals surface area (Å²) in [5, 5.41) is 10.7. The van der Waals surface area contributed by atoms with Crippen molar-refractivity contribution >= 4 is 35.1 Å². The van der Waals surface area contributed by atoms with Gasteiger partial charge >= 0.3 is 5.97 Å². The second-order valence-electron chi connectivity index (χ2n) is 11.9. The van der Waals surface area contributed by atoms with E-state index >= 15 is 4.39 Å². The van der Waals surface area contributed by atoms with E-state index in [1.807, 2.05) is 30.3 Å². The van der Waals surface area contributed by atoms with Gasteiger partial charge in [0.25, 0.3) is 5.91 Å². The number of amides is 1. The highest BCUT2D eigenvalue weighted by molar-refractivity contribution is 6.34. The number of carboxylic acid groups (broad SMARTS) is 1. The van der Waals surface area contributed by atoms with Crippen molar-refractivity contribution < 1.29 is 23.8 Å². The van der Waals surface area contributed by atoms with Gasteiger partial charge in [0.2, 0.25) is 0 Å². The highest BCUT2D eigenvalue weighted by Gasteiger charge is 2.37. The van der Waals surface area contributed by atoms with E-state index in [-0.39, 0.29) is 17.5 Å². The highest BCUT2D eigenvalue weighted by atomic mass is 35.5. The molecule has 0 bridgehead atoms. The fourth-order valence-electron chi connectivity index (χ4n) is 6.56. The Morgan fingerprint density at radius 2 is 1.60 bits per heavy atom. The Bertz CT molecular complexity index is 1470. The quantitative estimate of drug-likeness (QED) is 0.266. The first kappa shape index (κ1) is 29.9. The molecule has 6 rings (SSSR count). The van der Waals surface area contributed by atoms with E-state index < -0.39 is 23.7 Å². The maximum Gasteiger partial charge on any atom is 0.326 e. The lowest BCUT2D eigenvalue weighted by Crippen LogP contribution is -2.40. The van der Waals surface area contributed by atoms with Gasteiger partial charge in [0, 0.05) is 22.7 Å². The van der Waals surface area contributed by atoms with E-state index in [9.17, 15) is 14.7 Å². The van der Waals surface area contributed by atoms with Crippen molar-refractivity contribution in [2.75, 3.05) is 26.2 Å². The molecule has 0 radical (unpaired) electrons. The van der Waals surface area contributed by atoms with E-state index in [4.69, 9.17) is 27.9 Å². The van der Waals surface area contributed by atoms with Crippen LogP contribution < -0.4 is 4.74 Å². The monoisotopic (exact) mass is 624 g/mol. The lowest BCUT2D eigenvalue weighted by Gasteiger charge is -2.38. The third-order valence-electron chi connectivity index (χ3n) is 8.95. The van der Waals surface area contributed by atoms with Crippen molar-refractivity contribution in [2.24, 2.45) is 5.92 Å². The minimum Gasteiger partial charge on any atom is -0.493 e. The van der Waals surface area contributed by atoms with E-state index in [1.54, 1.807) is 12.1 Å². The number of ether oxygens (including phenoxy) is 1. The summed E-state index contributed by atoms with van der Waals surface area (Å²) in [5.74, 6) is -1.25. The number of hydrogen-bond acceptors (Lipinski definition) is 4. The lowest BCUT2D eigenvalue weighted by molar-refractivity contribution is -0.141. The van der Waals surface area contributed by atoms with Gasteiger partial charge in [-0.25, -0.2) is 9.18 Å². The van der Waals surface area contributed by atoms with E-state index in [2.05, 4.69) is 17.0 Å². The number of carbonyl (C=O) groups is 2. The lowest BCUT2D eigenvalue weighted by atomic mass is 9.91. The van der Waals surface area contributed by atoms with Crippen LogP contribution in [-0.4, -0.2) is 59.1 Å². The topological polar surface area (TPSA) is 70.1 Å². The van der Waals surface area contributed by atoms with Crippen LogP contribution in [0.2, 0.25) is 10.0 Å². The summed E-state index contributed by atoms with van der Waals surface area (Å²) in [6.07, 6.45) is 4.74. The molecule has 3 fully saturated rings. The van der Waals surface area contributed by atoms with Crippen molar-refractivity contribution in [1.82, 2.24) is 9.80 Å². The fraction of sp³-hybridized carbons (Fsp3) is 0.412. The van der Waals surface area contributed by atoms with Gasteiger partial charge in [0.05, 0.1) is 18.2 Å². The van der Waals surface area contributed by atoms with Crippen LogP contribution in [-0.2, 0) is 4.79 Å². The molecular formula is C34H35Cl2FN2O4. The average molecular weight is 626 g/mol. The smallest absolute Gasteiger partial charge is 0.326 e. The molecule has 6 nitrogen and oxygen atoms in total. The summed E-state index contributed by atoms with van der Waals surface area (Å²) in [5.41, 5.74) is 3.01. The number of rotatable bonds is 9. The molecule has 2 aliphatic heterocycles. The summed E-state index contributed by atoms with van der Waals surface area (Å²) >= 11 is 12.8. The zero-order valence-electron chi connectivity index (χ0n) is 23.9. The van der Waals surface area contributed by atoms with Gasteiger partial charge in [-0.3, -0.25) is 9.69 Å². The summed E-state index contributed by atoms with van der Waals surface area (Å²) in [6, 6.07) is 18.1. The van der Waals surface area contributed by atoms with Crippen molar-refractivity contribution in [3.05, 3.63) is 98.8 Å². The fourth-order valence-corrected chi connectivity index (χ4v) is 7.11. The molecule has 3 aromatic rings. The van der Waals surface area contributed by atoms with Gasteiger partial charge in [-0.15, -0.1) is 0 Å². The number of nitrogens with zero attached hydrogens (tertiary/aromatic N) is 2. The van der Waals surface area contributed by atoms with Crippen molar-refractivity contribution in [3.63, 3.8) is 0 Å². The van der Waals surface area contributed by atoms with E-state index in [0.717, 1.165) is 49.9 Å². The maximum atomic E-state index is 15.3. The second kappa shape index (κ2) is 12.8. The van der Waals surface area contributed by atoms with Gasteiger partial charge in [-0.05, 0) is 104 Å². The normalized spacial score (nSPS) is 20.3. The Labute approximate surface area is 261 Å². The maximum absolute atomic E-state index is 15.3. The third kappa shape index (κ3) is 6.69. The predicted molar refractivity (Wildman–Crippen MR) is 165 cm³/mol. The summed E-state index contributed by atoms with van der Waals surface area (Å²) < 4.78 is 21.6. The number of halogens is 3. The number of carboxylic acids is 1. The molecule has 2 heterocycles. The van der Waals surface area contributed by atoms with Gasteiger partial charge in [-0.1, -0.05) is 53.5 Å². The second-order valence-corrected chi connectivity index (χ2v) is 12.8. The van der Waals surface area contributed by atoms with Gasteiger partial charge in [0.15, 0.2) is 0 Å². The van der Waals surface area contributed by atoms with Gasteiger partial charge in [0.1, 0.15) is 17.6 Å². The van der Waals surface area contributed by atoms with Crippen LogP contribution in [0.25, 0.3) is 0 Å². The predicted octanol–water partition coefficient (Wildman–Crippen LogP) is 7.58. The molecule has 2 saturated heterocycles. The zero-order valence-corrected chi connectivity index (χ0v) is 25.4. The highest BCUT2D eigenvalue weighted by Crippen LogP contribution is 2.46. The Morgan fingerprint density at radius 1 is 0.907 bits per heavy atom. The van der Waals surface area contributed by atoms with Crippen LogP contribution in [0.15, 0.2) is 60.7 Å². The zero-order chi connectivity index (χ0) is 30.1. The third-order valence-corrected chi connectivity index (χ3v) is 9.39. The number of aliphatic carboxylic acids is 1. The molecule has 3 aliphatic rings. The molecule has 226 valence electrons. The molecule has 9 heteroatoms. The van der Waals surface area contributed by atoms with Crippen LogP contribution in [0.5, 0.6) is 5.75 Å². The van der Waals surface area contributed by atoms with Gasteiger partial charge < -0.3 is 14.7 Å². The summed E-state index contributed by atoms with van der Waals surface area (Å²) in [7, 11) is 0. The number of piperidine rings is 1. The molecule has 0 spiro atoms. The molecule has 2 unspecified atom stereocenters. The SMILES string of the molecule is O=C(O)C1CCCN1C(=O)c1cc(C2CC2)c(OCC2CCN(C(c3ccccc3)c3cc(Cl)cc(Cl)c3)CC2)cc1F. The summed E-state index contributed by atoms with van der Waals surface area (Å²) in [6.45, 7) is 2.50. The molecule has 1 saturated carbocycles. The Balaban J connectivity index is 1.14. The van der Waals surface area contributed by atoms with Crippen LogP contribution in [0.3, 0.4) is 0 Å². The molecule has 3 aromatic carbocycles. The minimum atomic E-state index is -1.05. The van der Waals surface area contributed by atoms with Crippen molar-refractivity contribution in [1.29, 1.82) is 0 Å². The Kier molecular flexibility index (Phi) is 8.94. The minimum absolute atomic E-state index is 0.0243. The first-order chi connectivity index (χ1) is 20.8. The van der Waals surface area contributed by atoms with Gasteiger partial charge in [-0.2, -0.15) is 0 Å². The first-order valence-electron chi connectivity index (χ1n) is 15.0. The number of carbonyl (C=O) groups excluding carboxylic acids is 1. The van der Waals surface area contributed by atoms with E-state index in [1.165, 1.54) is 16.5 Å². The standard InChI is InChI=1S/C34H35Cl2FN2O4/c35-25-15-24(16-26(36)17-25)32(23-5-2-1-3-6-23)38-13-10-21(11-14-38)20-43-31-19-29(37)28(18-27(31)22-8-9-22)33(40)39-12-4-7-30(39)34(41)42/h1-3,5-6,15-19,21-22,30,32H,4,7-14,20H2,(H,41,42). The Hall–Kier alpha value is -3.13. The van der Waals surface area contributed by atoms with Crippen molar-refractivity contribution in [2.45, 2.75) is 56.5 Å². The number of benzene rings is 3. The Morgan fingerprint density at radius 3 is 2.26 bits per heavy atom. The first-order valence-corrected chi connectivity index (χ1v) is 15.8. The molecule has 1 amide bonds. The molecule has 43 heavy (non-hydrogen) atoms. The van der Waals surface area contributed by atoms with Crippen LogP contribution >= 0.6 is 23.2 Å². The molecular weight excluding hydrogens is 590 g/mol. The van der Waals surface area contributed by atoms with Crippen LogP contribution in [0.4, 0.5) is 4.39 Å². The number of likely N-dealkylation sites (tertiary alicyclic amines) is 2. The molecule has 0 aromatic heterocycles. The summed E-state index contributed by atoms with van der Waals surface area (Å²) in [4.78, 5) is 28.5. The number of hydrogen-bond donors (Lipinski definition) is 1. The van der Waals surface area contributed by atoms with Crippen molar-refractivity contribution in [3.8, 4) is 5.75 Å². The van der Waals surface area contributed by atoms with Crippen LogP contribution in [0, 0.1) is 11.7 Å². The average Bonchev–Trinajstić information content (AvgIpc) is 3.71. The molecule has 1 aliphatic carbocycles. The molecule has 1 N–H and O–H groups in total.